The van der Waals surface area contributed by atoms with Crippen LogP contribution in [0.2, 0.25) is 0 Å². The summed E-state index contributed by atoms with van der Waals surface area (Å²) in [4.78, 5) is 47.5. The molecule has 3 aliphatic heterocycles. The zero-order valence-electron chi connectivity index (χ0n) is 20.9. The van der Waals surface area contributed by atoms with E-state index in [0.29, 0.717) is 5.69 Å². The lowest BCUT2D eigenvalue weighted by Gasteiger charge is -2.34. The topological polar surface area (TPSA) is 101 Å². The first-order valence-electron chi connectivity index (χ1n) is 13.7. The van der Waals surface area contributed by atoms with Gasteiger partial charge in [0.1, 0.15) is 11.6 Å². The number of ether oxygens (including phenoxy) is 1. The predicted octanol–water partition coefficient (Wildman–Crippen LogP) is 3.02. The van der Waals surface area contributed by atoms with Crippen molar-refractivity contribution in [1.82, 2.24) is 15.6 Å². The first kappa shape index (κ1) is 23.6. The van der Waals surface area contributed by atoms with Crippen molar-refractivity contribution < 1.29 is 19.1 Å². The van der Waals surface area contributed by atoms with Gasteiger partial charge < -0.3 is 15.4 Å². The summed E-state index contributed by atoms with van der Waals surface area (Å²) in [5.74, 6) is -2.07. The third-order valence-corrected chi connectivity index (χ3v) is 9.06. The van der Waals surface area contributed by atoms with Gasteiger partial charge >= 0.3 is 0 Å². The van der Waals surface area contributed by atoms with Gasteiger partial charge in [0.05, 0.1) is 29.3 Å². The summed E-state index contributed by atoms with van der Waals surface area (Å²) in [5, 5.41) is 6.45. The van der Waals surface area contributed by atoms with Crippen molar-refractivity contribution in [3.8, 4) is 0 Å². The van der Waals surface area contributed by atoms with Crippen molar-refractivity contribution in [2.24, 2.45) is 11.8 Å². The Balaban J connectivity index is 1.35. The van der Waals surface area contributed by atoms with Gasteiger partial charge in [0.25, 0.3) is 0 Å². The Hall–Kier alpha value is -2.74. The first-order valence-corrected chi connectivity index (χ1v) is 13.7. The van der Waals surface area contributed by atoms with E-state index in [4.69, 9.17) is 4.74 Å². The van der Waals surface area contributed by atoms with Gasteiger partial charge in [-0.3, -0.25) is 24.3 Å². The van der Waals surface area contributed by atoms with Crippen molar-refractivity contribution in [3.63, 3.8) is 0 Å². The van der Waals surface area contributed by atoms with E-state index in [1.54, 1.807) is 24.5 Å². The minimum Gasteiger partial charge on any atom is -0.356 e. The number of carbonyl (C=O) groups is 3. The molecule has 2 saturated carbocycles. The molecule has 0 aromatic carbocycles. The minimum absolute atomic E-state index is 0.0936. The average molecular weight is 493 g/mol. The van der Waals surface area contributed by atoms with Crippen LogP contribution in [0, 0.1) is 11.8 Å². The maximum atomic E-state index is 14.2. The summed E-state index contributed by atoms with van der Waals surface area (Å²) >= 11 is 0. The fourth-order valence-electron chi connectivity index (χ4n) is 7.37. The molecule has 36 heavy (non-hydrogen) atoms. The number of carbonyl (C=O) groups excluding carboxylic acids is 3. The second kappa shape index (κ2) is 8.98. The number of amides is 3. The van der Waals surface area contributed by atoms with Gasteiger partial charge in [-0.05, 0) is 44.7 Å². The molecule has 2 N–H and O–H groups in total. The van der Waals surface area contributed by atoms with E-state index in [-0.39, 0.29) is 29.8 Å². The quantitative estimate of drug-likeness (QED) is 0.616. The number of aromatic nitrogens is 1. The van der Waals surface area contributed by atoms with E-state index in [1.165, 1.54) is 17.7 Å². The predicted molar refractivity (Wildman–Crippen MR) is 134 cm³/mol. The van der Waals surface area contributed by atoms with Crippen LogP contribution in [0.15, 0.2) is 36.7 Å². The highest BCUT2D eigenvalue weighted by Crippen LogP contribution is 2.60. The first-order chi connectivity index (χ1) is 17.4. The number of nitrogens with zero attached hydrogens (tertiary/aromatic N) is 2. The molecule has 4 fully saturated rings. The monoisotopic (exact) mass is 492 g/mol. The third-order valence-electron chi connectivity index (χ3n) is 9.06. The third kappa shape index (κ3) is 3.67. The zero-order chi connectivity index (χ0) is 24.9. The summed E-state index contributed by atoms with van der Waals surface area (Å²) in [5.41, 5.74) is -1.56. The van der Waals surface area contributed by atoms with Crippen LogP contribution < -0.4 is 15.5 Å². The van der Waals surface area contributed by atoms with Crippen molar-refractivity contribution in [3.05, 3.63) is 36.7 Å². The molecule has 3 amide bonds. The summed E-state index contributed by atoms with van der Waals surface area (Å²) in [7, 11) is 0. The maximum Gasteiger partial charge on any atom is 0.246 e. The summed E-state index contributed by atoms with van der Waals surface area (Å²) in [6.07, 6.45) is 17.6. The lowest BCUT2D eigenvalue weighted by Crippen LogP contribution is -2.57. The van der Waals surface area contributed by atoms with Gasteiger partial charge in [-0.2, -0.15) is 0 Å². The molecular weight excluding hydrogens is 456 g/mol. The number of fused-ring (bicyclic) bond motifs is 1. The standard InChI is InChI=1S/C28H36N4O4/c1-27-14-15-28(36-27)22(21(27)24(33)30-18-9-4-2-5-10-18)26(35)32(20-13-8-16-29-17-20)23(28)25(34)31-19-11-6-3-7-12-19/h8,13-19,21-23H,2-7,9-12H2,1H3,(H,30,33)(H,31,34). The number of hydrogen-bond donors (Lipinski definition) is 2. The molecule has 1 aromatic rings. The Morgan fingerprint density at radius 3 is 2.22 bits per heavy atom. The molecule has 1 aromatic heterocycles. The van der Waals surface area contributed by atoms with Gasteiger partial charge in [0.2, 0.25) is 17.7 Å². The molecule has 4 heterocycles. The maximum absolute atomic E-state index is 14.2. The molecule has 8 nitrogen and oxygen atoms in total. The van der Waals surface area contributed by atoms with Crippen LogP contribution in [0.25, 0.3) is 0 Å². The second-order valence-corrected chi connectivity index (χ2v) is 11.4. The SMILES string of the molecule is CC12C=CC3(O1)C(C(=O)N(c1cccnc1)C3C(=O)NC1CCCCC1)C2C(=O)NC1CCCCC1. The van der Waals surface area contributed by atoms with Gasteiger partial charge in [0, 0.05) is 18.3 Å². The molecule has 5 atom stereocenters. The molecule has 1 spiro atoms. The highest BCUT2D eigenvalue weighted by Gasteiger charge is 2.76. The van der Waals surface area contributed by atoms with Crippen LogP contribution in [0.4, 0.5) is 5.69 Å². The van der Waals surface area contributed by atoms with Crippen LogP contribution in [0.5, 0.6) is 0 Å². The zero-order valence-corrected chi connectivity index (χ0v) is 20.9. The largest absolute Gasteiger partial charge is 0.356 e. The van der Waals surface area contributed by atoms with Gasteiger partial charge in [0.15, 0.2) is 0 Å². The van der Waals surface area contributed by atoms with E-state index in [9.17, 15) is 14.4 Å². The molecule has 2 bridgehead atoms. The van der Waals surface area contributed by atoms with E-state index in [2.05, 4.69) is 15.6 Å². The van der Waals surface area contributed by atoms with Crippen LogP contribution >= 0.6 is 0 Å². The van der Waals surface area contributed by atoms with E-state index >= 15 is 0 Å². The highest BCUT2D eigenvalue weighted by atomic mass is 16.5. The lowest BCUT2D eigenvalue weighted by atomic mass is 9.70. The normalized spacial score (nSPS) is 36.2. The number of hydrogen-bond acceptors (Lipinski definition) is 5. The van der Waals surface area contributed by atoms with E-state index < -0.39 is 29.1 Å². The van der Waals surface area contributed by atoms with Gasteiger partial charge in [-0.15, -0.1) is 0 Å². The molecule has 8 heteroatoms. The molecule has 6 rings (SSSR count). The Labute approximate surface area is 212 Å². The molecule has 2 aliphatic carbocycles. The number of pyridine rings is 1. The Kier molecular flexibility index (Phi) is 5.90. The van der Waals surface area contributed by atoms with Gasteiger partial charge in [-0.25, -0.2) is 0 Å². The molecule has 2 saturated heterocycles. The van der Waals surface area contributed by atoms with Crippen LogP contribution in [-0.2, 0) is 19.1 Å². The van der Waals surface area contributed by atoms with Crippen LogP contribution in [0.3, 0.4) is 0 Å². The van der Waals surface area contributed by atoms with Crippen molar-refractivity contribution in [2.75, 3.05) is 4.90 Å². The fourth-order valence-corrected chi connectivity index (χ4v) is 7.37. The summed E-state index contributed by atoms with van der Waals surface area (Å²) < 4.78 is 6.62. The summed E-state index contributed by atoms with van der Waals surface area (Å²) in [6.45, 7) is 1.87. The van der Waals surface area contributed by atoms with E-state index in [1.807, 2.05) is 19.1 Å². The molecule has 192 valence electrons. The Bertz CT molecular complexity index is 1060. The van der Waals surface area contributed by atoms with Crippen molar-refractivity contribution >= 4 is 23.4 Å². The average Bonchev–Trinajstić information content (AvgIpc) is 3.46. The van der Waals surface area contributed by atoms with Gasteiger partial charge in [-0.1, -0.05) is 50.7 Å². The Morgan fingerprint density at radius 2 is 1.61 bits per heavy atom. The van der Waals surface area contributed by atoms with Crippen LogP contribution in [0.1, 0.15) is 71.1 Å². The smallest absolute Gasteiger partial charge is 0.246 e. The number of anilines is 1. The molecule has 0 radical (unpaired) electrons. The Morgan fingerprint density at radius 1 is 0.972 bits per heavy atom. The molecule has 5 aliphatic rings. The van der Waals surface area contributed by atoms with Crippen LogP contribution in [-0.4, -0.2) is 52.0 Å². The second-order valence-electron chi connectivity index (χ2n) is 11.4. The number of nitrogens with one attached hydrogen (secondary N) is 2. The highest BCUT2D eigenvalue weighted by molar-refractivity contribution is 6.10. The molecule has 5 unspecified atom stereocenters. The summed E-state index contributed by atoms with van der Waals surface area (Å²) in [6, 6.07) is 2.87. The molecular formula is C28H36N4O4. The number of rotatable bonds is 5. The minimum atomic E-state index is -1.19. The van der Waals surface area contributed by atoms with E-state index in [0.717, 1.165) is 51.4 Å². The fraction of sp³-hybridized carbons (Fsp3) is 0.643. The van der Waals surface area contributed by atoms with Crippen molar-refractivity contribution in [1.29, 1.82) is 0 Å². The van der Waals surface area contributed by atoms with Crippen molar-refractivity contribution in [2.45, 2.75) is 100 Å². The lowest BCUT2D eigenvalue weighted by molar-refractivity contribution is -0.135.